The number of nitrogens with zero attached hydrogens (tertiary/aromatic N) is 3. The molecule has 1 aromatic carbocycles. The number of pyridine rings is 1. The molecule has 3 rings (SSSR count). The molecule has 0 aliphatic heterocycles. The van der Waals surface area contributed by atoms with Crippen molar-refractivity contribution in [3.05, 3.63) is 52.8 Å². The van der Waals surface area contributed by atoms with E-state index in [1.165, 1.54) is 0 Å². The van der Waals surface area contributed by atoms with Gasteiger partial charge in [-0.3, -0.25) is 9.52 Å². The summed E-state index contributed by atoms with van der Waals surface area (Å²) in [5, 5.41) is 8.38. The zero-order valence-corrected chi connectivity index (χ0v) is 19.4. The van der Waals surface area contributed by atoms with E-state index in [2.05, 4.69) is 35.9 Å². The number of anilines is 1. The van der Waals surface area contributed by atoms with E-state index in [4.69, 9.17) is 4.98 Å². The number of amides is 1. The Morgan fingerprint density at radius 1 is 1.23 bits per heavy atom. The molecule has 2 heterocycles. The second-order valence-corrected chi connectivity index (χ2v) is 9.82. The Hall–Kier alpha value is -2.94. The molecular formula is C22H29N5O3S. The van der Waals surface area contributed by atoms with Crippen molar-refractivity contribution in [2.24, 2.45) is 0 Å². The molecule has 9 heteroatoms. The number of fused-ring (bicyclic) bond motifs is 1. The Balaban J connectivity index is 1.64. The smallest absolute Gasteiger partial charge is 0.229 e. The van der Waals surface area contributed by atoms with Crippen LogP contribution in [0.4, 0.5) is 5.69 Å². The maximum atomic E-state index is 12.4. The first-order chi connectivity index (χ1) is 14.5. The van der Waals surface area contributed by atoms with E-state index in [1.807, 2.05) is 23.9 Å². The van der Waals surface area contributed by atoms with Gasteiger partial charge in [0.15, 0.2) is 5.65 Å². The number of hydrogen-bond acceptors (Lipinski definition) is 5. The fourth-order valence-corrected chi connectivity index (χ4v) is 4.18. The van der Waals surface area contributed by atoms with Crippen molar-refractivity contribution in [3.63, 3.8) is 0 Å². The lowest BCUT2D eigenvalue weighted by molar-refractivity contribution is -0.121. The molecule has 0 saturated carbocycles. The van der Waals surface area contributed by atoms with Crippen LogP contribution in [0.25, 0.3) is 11.0 Å². The molecule has 0 aliphatic carbocycles. The van der Waals surface area contributed by atoms with Crippen LogP contribution in [0.1, 0.15) is 48.7 Å². The summed E-state index contributed by atoms with van der Waals surface area (Å²) in [5.41, 5.74) is 5.27. The van der Waals surface area contributed by atoms with Crippen LogP contribution in [0, 0.1) is 13.8 Å². The molecule has 0 atom stereocenters. The molecule has 166 valence electrons. The second-order valence-electron chi connectivity index (χ2n) is 8.07. The van der Waals surface area contributed by atoms with Gasteiger partial charge in [0.25, 0.3) is 0 Å². The zero-order valence-electron chi connectivity index (χ0n) is 18.6. The number of aromatic nitrogens is 3. The van der Waals surface area contributed by atoms with E-state index in [1.54, 1.807) is 18.2 Å². The molecule has 0 saturated heterocycles. The Morgan fingerprint density at radius 2 is 1.97 bits per heavy atom. The monoisotopic (exact) mass is 443 g/mol. The highest BCUT2D eigenvalue weighted by molar-refractivity contribution is 7.92. The van der Waals surface area contributed by atoms with Crippen LogP contribution >= 0.6 is 0 Å². The number of aryl methyl sites for hydroxylation is 2. The third-order valence-corrected chi connectivity index (χ3v) is 5.75. The van der Waals surface area contributed by atoms with Crippen molar-refractivity contribution in [1.82, 2.24) is 20.1 Å². The molecule has 31 heavy (non-hydrogen) atoms. The molecule has 0 unspecified atom stereocenters. The predicted molar refractivity (Wildman–Crippen MR) is 122 cm³/mol. The average Bonchev–Trinajstić information content (AvgIpc) is 3.09. The molecule has 0 bridgehead atoms. The molecule has 0 aliphatic rings. The van der Waals surface area contributed by atoms with E-state index in [9.17, 15) is 13.2 Å². The van der Waals surface area contributed by atoms with Crippen LogP contribution in [0.3, 0.4) is 0 Å². The van der Waals surface area contributed by atoms with Gasteiger partial charge in [-0.2, -0.15) is 5.10 Å². The fourth-order valence-electron chi connectivity index (χ4n) is 3.62. The summed E-state index contributed by atoms with van der Waals surface area (Å²) in [7, 11) is -3.34. The minimum atomic E-state index is -3.34. The number of benzene rings is 1. The Labute approximate surface area is 183 Å². The first kappa shape index (κ1) is 22.7. The lowest BCUT2D eigenvalue weighted by Gasteiger charge is -2.13. The van der Waals surface area contributed by atoms with Crippen LogP contribution in [0.15, 0.2) is 30.5 Å². The average molecular weight is 444 g/mol. The molecule has 2 aromatic heterocycles. The van der Waals surface area contributed by atoms with Gasteiger partial charge in [0.1, 0.15) is 0 Å². The maximum Gasteiger partial charge on any atom is 0.229 e. The highest BCUT2D eigenvalue weighted by Crippen LogP contribution is 2.25. The fraction of sp³-hybridized carbons (Fsp3) is 0.409. The molecule has 0 spiro atoms. The largest absolute Gasteiger partial charge is 0.352 e. The minimum Gasteiger partial charge on any atom is -0.352 e. The quantitative estimate of drug-likeness (QED) is 0.556. The van der Waals surface area contributed by atoms with Crippen molar-refractivity contribution in [1.29, 1.82) is 0 Å². The standard InChI is InChI=1S/C22H29N5O3S/c1-14(2)27-22-20(13-24-27)15(3)19(16(4)25-22)9-10-21(28)23-12-17-7-6-8-18(11-17)26-31(5,29)30/h6-8,11,13-14,26H,9-10,12H2,1-5H3,(H,23,28). The summed E-state index contributed by atoms with van der Waals surface area (Å²) < 4.78 is 27.1. The summed E-state index contributed by atoms with van der Waals surface area (Å²) >= 11 is 0. The van der Waals surface area contributed by atoms with Gasteiger partial charge in [-0.15, -0.1) is 0 Å². The van der Waals surface area contributed by atoms with E-state index < -0.39 is 10.0 Å². The topological polar surface area (TPSA) is 106 Å². The van der Waals surface area contributed by atoms with Gasteiger partial charge in [0, 0.05) is 35.8 Å². The third-order valence-electron chi connectivity index (χ3n) is 5.15. The van der Waals surface area contributed by atoms with Crippen LogP contribution in [-0.2, 0) is 27.8 Å². The van der Waals surface area contributed by atoms with Gasteiger partial charge >= 0.3 is 0 Å². The number of nitrogens with one attached hydrogen (secondary N) is 2. The third kappa shape index (κ3) is 5.61. The van der Waals surface area contributed by atoms with Gasteiger partial charge in [0.2, 0.25) is 15.9 Å². The van der Waals surface area contributed by atoms with Crippen molar-refractivity contribution in [2.45, 2.75) is 53.1 Å². The van der Waals surface area contributed by atoms with Crippen LogP contribution in [0.5, 0.6) is 0 Å². The van der Waals surface area contributed by atoms with E-state index in [0.717, 1.165) is 39.7 Å². The van der Waals surface area contributed by atoms with Gasteiger partial charge in [-0.25, -0.2) is 18.1 Å². The van der Waals surface area contributed by atoms with Gasteiger partial charge in [-0.05, 0) is 62.9 Å². The summed E-state index contributed by atoms with van der Waals surface area (Å²) in [6.07, 6.45) is 3.88. The van der Waals surface area contributed by atoms with Gasteiger partial charge in [-0.1, -0.05) is 12.1 Å². The van der Waals surface area contributed by atoms with Crippen LogP contribution < -0.4 is 10.0 Å². The molecular weight excluding hydrogens is 414 g/mol. The first-order valence-corrected chi connectivity index (χ1v) is 12.1. The molecule has 8 nitrogen and oxygen atoms in total. The van der Waals surface area contributed by atoms with Crippen LogP contribution in [0.2, 0.25) is 0 Å². The summed E-state index contributed by atoms with van der Waals surface area (Å²) in [6, 6.07) is 7.20. The SMILES string of the molecule is Cc1nc2c(cnn2C(C)C)c(C)c1CCC(=O)NCc1cccc(NS(C)(=O)=O)c1. The second kappa shape index (κ2) is 9.05. The lowest BCUT2D eigenvalue weighted by atomic mass is 10.0. The number of sulfonamides is 1. The normalized spacial score (nSPS) is 11.8. The number of carbonyl (C=O) groups is 1. The highest BCUT2D eigenvalue weighted by atomic mass is 32.2. The maximum absolute atomic E-state index is 12.4. The lowest BCUT2D eigenvalue weighted by Crippen LogP contribution is -2.23. The zero-order chi connectivity index (χ0) is 22.8. The van der Waals surface area contributed by atoms with Gasteiger partial charge < -0.3 is 5.32 Å². The van der Waals surface area contributed by atoms with E-state index in [-0.39, 0.29) is 11.9 Å². The molecule has 1 amide bonds. The van der Waals surface area contributed by atoms with Crippen molar-refractivity contribution in [2.75, 3.05) is 11.0 Å². The number of hydrogen-bond donors (Lipinski definition) is 2. The highest BCUT2D eigenvalue weighted by Gasteiger charge is 2.15. The van der Waals surface area contributed by atoms with Crippen molar-refractivity contribution >= 4 is 32.7 Å². The van der Waals surface area contributed by atoms with Crippen molar-refractivity contribution < 1.29 is 13.2 Å². The van der Waals surface area contributed by atoms with Gasteiger partial charge in [0.05, 0.1) is 12.5 Å². The molecule has 2 N–H and O–H groups in total. The molecule has 0 fully saturated rings. The van der Waals surface area contributed by atoms with Crippen molar-refractivity contribution in [3.8, 4) is 0 Å². The molecule has 3 aromatic rings. The minimum absolute atomic E-state index is 0.0711. The Bertz CT molecular complexity index is 1220. The number of carbonyl (C=O) groups excluding carboxylic acids is 1. The summed E-state index contributed by atoms with van der Waals surface area (Å²) in [4.78, 5) is 17.2. The first-order valence-electron chi connectivity index (χ1n) is 10.2. The summed E-state index contributed by atoms with van der Waals surface area (Å²) in [5.74, 6) is -0.0711. The summed E-state index contributed by atoms with van der Waals surface area (Å²) in [6.45, 7) is 8.50. The molecule has 0 radical (unpaired) electrons. The predicted octanol–water partition coefficient (Wildman–Crippen LogP) is 3.25. The van der Waals surface area contributed by atoms with E-state index in [0.29, 0.717) is 25.1 Å². The van der Waals surface area contributed by atoms with E-state index >= 15 is 0 Å². The number of rotatable bonds is 8. The van der Waals surface area contributed by atoms with Crippen LogP contribution in [-0.4, -0.2) is 35.3 Å². The Morgan fingerprint density at radius 3 is 2.65 bits per heavy atom. The Kier molecular flexibility index (Phi) is 6.64.